The molecule has 0 saturated carbocycles. The molecular weight excluding hydrogens is 377 g/mol. The molecule has 0 saturated heterocycles. The first-order valence-corrected chi connectivity index (χ1v) is 10.1. The molecule has 3 rings (SSSR count). The highest BCUT2D eigenvalue weighted by molar-refractivity contribution is 7.93. The Labute approximate surface area is 166 Å². The number of benzene rings is 2. The van der Waals surface area contributed by atoms with Gasteiger partial charge in [-0.05, 0) is 41.4 Å². The SMILES string of the molecule is CC(c1ccc(-c2ccccc2F)cc1)[S+]([O-])C(Cc1cccnc1)C(=O)O. The Morgan fingerprint density at radius 3 is 2.46 bits per heavy atom. The zero-order valence-electron chi connectivity index (χ0n) is 15.3. The lowest BCUT2D eigenvalue weighted by molar-refractivity contribution is -0.136. The summed E-state index contributed by atoms with van der Waals surface area (Å²) in [6, 6.07) is 17.1. The van der Waals surface area contributed by atoms with Gasteiger partial charge >= 0.3 is 5.97 Å². The minimum absolute atomic E-state index is 0.146. The van der Waals surface area contributed by atoms with Gasteiger partial charge in [0.1, 0.15) is 11.1 Å². The molecule has 4 nitrogen and oxygen atoms in total. The van der Waals surface area contributed by atoms with Gasteiger partial charge in [0.15, 0.2) is 0 Å². The standard InChI is InChI=1S/C22H20FNO3S/c1-15(28(27)21(22(25)26)13-16-5-4-12-24-14-16)17-8-10-18(11-9-17)19-6-2-3-7-20(19)23/h2-12,14-15,21H,13H2,1H3,(H,25,26). The van der Waals surface area contributed by atoms with Crippen LogP contribution in [0, 0.1) is 5.82 Å². The van der Waals surface area contributed by atoms with E-state index in [9.17, 15) is 18.8 Å². The quantitative estimate of drug-likeness (QED) is 0.600. The van der Waals surface area contributed by atoms with Gasteiger partial charge in [-0.1, -0.05) is 48.5 Å². The summed E-state index contributed by atoms with van der Waals surface area (Å²) in [7, 11) is 0. The van der Waals surface area contributed by atoms with Crippen LogP contribution in [0.2, 0.25) is 0 Å². The van der Waals surface area contributed by atoms with Crippen LogP contribution in [0.25, 0.3) is 11.1 Å². The van der Waals surface area contributed by atoms with Crippen molar-refractivity contribution in [3.63, 3.8) is 0 Å². The minimum Gasteiger partial charge on any atom is -0.615 e. The van der Waals surface area contributed by atoms with Gasteiger partial charge < -0.3 is 9.66 Å². The van der Waals surface area contributed by atoms with Gasteiger partial charge in [0, 0.05) is 29.9 Å². The van der Waals surface area contributed by atoms with Crippen molar-refractivity contribution in [3.05, 3.63) is 90.0 Å². The Hall–Kier alpha value is -2.70. The first-order valence-electron chi connectivity index (χ1n) is 8.83. The van der Waals surface area contributed by atoms with Crippen LogP contribution in [0.4, 0.5) is 4.39 Å². The highest BCUT2D eigenvalue weighted by atomic mass is 32.2. The number of hydrogen-bond donors (Lipinski definition) is 1. The number of aliphatic carboxylic acids is 1. The molecule has 0 spiro atoms. The van der Waals surface area contributed by atoms with Crippen molar-refractivity contribution in [1.29, 1.82) is 0 Å². The van der Waals surface area contributed by atoms with Gasteiger partial charge in [0.05, 0.1) is 0 Å². The molecule has 2 aromatic carbocycles. The monoisotopic (exact) mass is 397 g/mol. The van der Waals surface area contributed by atoms with E-state index in [0.29, 0.717) is 11.1 Å². The second-order valence-electron chi connectivity index (χ2n) is 6.46. The number of carboxylic acid groups (broad SMARTS) is 1. The Morgan fingerprint density at radius 2 is 1.86 bits per heavy atom. The molecule has 1 aromatic heterocycles. The first-order chi connectivity index (χ1) is 13.5. The largest absolute Gasteiger partial charge is 0.615 e. The summed E-state index contributed by atoms with van der Waals surface area (Å²) in [5.41, 5.74) is 2.68. The third-order valence-electron chi connectivity index (χ3n) is 4.61. The van der Waals surface area contributed by atoms with Crippen LogP contribution < -0.4 is 0 Å². The maximum atomic E-state index is 13.9. The zero-order chi connectivity index (χ0) is 20.1. The Kier molecular flexibility index (Phi) is 6.44. The van der Waals surface area contributed by atoms with Crippen LogP contribution in [0.1, 0.15) is 23.3 Å². The van der Waals surface area contributed by atoms with Crippen LogP contribution in [0.15, 0.2) is 73.1 Å². The predicted molar refractivity (Wildman–Crippen MR) is 108 cm³/mol. The predicted octanol–water partition coefficient (Wildman–Crippen LogP) is 4.39. The van der Waals surface area contributed by atoms with E-state index < -0.39 is 27.6 Å². The van der Waals surface area contributed by atoms with Crippen LogP contribution in [0.3, 0.4) is 0 Å². The zero-order valence-corrected chi connectivity index (χ0v) is 16.1. The molecule has 0 radical (unpaired) electrons. The molecule has 1 N–H and O–H groups in total. The second-order valence-corrected chi connectivity index (χ2v) is 8.40. The van der Waals surface area contributed by atoms with E-state index in [1.165, 1.54) is 6.07 Å². The third kappa shape index (κ3) is 4.58. The number of pyridine rings is 1. The van der Waals surface area contributed by atoms with Gasteiger partial charge in [-0.15, -0.1) is 0 Å². The van der Waals surface area contributed by atoms with Crippen molar-refractivity contribution in [2.45, 2.75) is 23.8 Å². The van der Waals surface area contributed by atoms with Gasteiger partial charge in [0.2, 0.25) is 5.25 Å². The highest BCUT2D eigenvalue weighted by Gasteiger charge is 2.35. The Balaban J connectivity index is 1.78. The molecule has 0 bridgehead atoms. The average Bonchev–Trinajstić information content (AvgIpc) is 2.72. The summed E-state index contributed by atoms with van der Waals surface area (Å²) < 4.78 is 26.9. The molecule has 28 heavy (non-hydrogen) atoms. The molecule has 6 heteroatoms. The number of halogens is 1. The summed E-state index contributed by atoms with van der Waals surface area (Å²) >= 11 is -1.64. The maximum Gasteiger partial charge on any atom is 0.357 e. The molecule has 144 valence electrons. The van der Waals surface area contributed by atoms with Gasteiger partial charge in [-0.3, -0.25) is 4.98 Å². The normalized spacial score (nSPS) is 14.2. The fraction of sp³-hybridized carbons (Fsp3) is 0.182. The molecule has 0 aliphatic rings. The number of carboxylic acids is 1. The topological polar surface area (TPSA) is 73.2 Å². The van der Waals surface area contributed by atoms with E-state index in [0.717, 1.165) is 11.1 Å². The fourth-order valence-corrected chi connectivity index (χ4v) is 4.48. The minimum atomic E-state index is -1.64. The smallest absolute Gasteiger partial charge is 0.357 e. The fourth-order valence-electron chi connectivity index (χ4n) is 3.01. The summed E-state index contributed by atoms with van der Waals surface area (Å²) in [6.45, 7) is 1.74. The third-order valence-corrected chi connectivity index (χ3v) is 6.51. The molecule has 0 fully saturated rings. The maximum absolute atomic E-state index is 13.9. The van der Waals surface area contributed by atoms with Crippen molar-refractivity contribution in [2.75, 3.05) is 0 Å². The number of aromatic nitrogens is 1. The lowest BCUT2D eigenvalue weighted by Gasteiger charge is -2.24. The number of nitrogens with zero attached hydrogens (tertiary/aromatic N) is 1. The molecule has 0 aliphatic heterocycles. The average molecular weight is 397 g/mol. The lowest BCUT2D eigenvalue weighted by Crippen LogP contribution is -2.35. The summed E-state index contributed by atoms with van der Waals surface area (Å²) in [6.07, 6.45) is 3.34. The van der Waals surface area contributed by atoms with Crippen molar-refractivity contribution < 1.29 is 18.8 Å². The highest BCUT2D eigenvalue weighted by Crippen LogP contribution is 2.30. The molecule has 0 amide bonds. The van der Waals surface area contributed by atoms with Crippen molar-refractivity contribution in [1.82, 2.24) is 4.98 Å². The summed E-state index contributed by atoms with van der Waals surface area (Å²) in [5.74, 6) is -1.41. The van der Waals surface area contributed by atoms with Crippen molar-refractivity contribution in [2.24, 2.45) is 0 Å². The number of rotatable bonds is 7. The van der Waals surface area contributed by atoms with Crippen LogP contribution in [-0.4, -0.2) is 25.9 Å². The number of hydrogen-bond acceptors (Lipinski definition) is 3. The molecule has 3 unspecified atom stereocenters. The first kappa shape index (κ1) is 20.0. The van der Waals surface area contributed by atoms with Gasteiger partial charge in [-0.2, -0.15) is 0 Å². The van der Waals surface area contributed by atoms with E-state index in [4.69, 9.17) is 0 Å². The van der Waals surface area contributed by atoms with E-state index in [-0.39, 0.29) is 12.2 Å². The van der Waals surface area contributed by atoms with Crippen LogP contribution in [-0.2, 0) is 22.4 Å². The van der Waals surface area contributed by atoms with Crippen LogP contribution in [0.5, 0.6) is 0 Å². The Morgan fingerprint density at radius 1 is 1.14 bits per heavy atom. The molecular formula is C22H20FNO3S. The van der Waals surface area contributed by atoms with Gasteiger partial charge in [-0.25, -0.2) is 9.18 Å². The molecule has 3 atom stereocenters. The molecule has 1 heterocycles. The Bertz CT molecular complexity index is 934. The van der Waals surface area contributed by atoms with Crippen LogP contribution >= 0.6 is 0 Å². The van der Waals surface area contributed by atoms with E-state index >= 15 is 0 Å². The van der Waals surface area contributed by atoms with E-state index in [1.54, 1.807) is 73.9 Å². The summed E-state index contributed by atoms with van der Waals surface area (Å²) in [5, 5.41) is 8.05. The van der Waals surface area contributed by atoms with Crippen molar-refractivity contribution >= 4 is 17.1 Å². The molecule has 3 aromatic rings. The lowest BCUT2D eigenvalue weighted by atomic mass is 10.0. The molecule has 0 aliphatic carbocycles. The van der Waals surface area contributed by atoms with Gasteiger partial charge in [0.25, 0.3) is 0 Å². The van der Waals surface area contributed by atoms with E-state index in [1.807, 2.05) is 0 Å². The number of carbonyl (C=O) groups is 1. The van der Waals surface area contributed by atoms with E-state index in [2.05, 4.69) is 4.98 Å². The summed E-state index contributed by atoms with van der Waals surface area (Å²) in [4.78, 5) is 15.7. The second kappa shape index (κ2) is 8.99. The van der Waals surface area contributed by atoms with Crippen molar-refractivity contribution in [3.8, 4) is 11.1 Å².